The number of halogens is 1. The number of aliphatic hydroxyl groups is 1. The molecule has 0 heterocycles. The lowest BCUT2D eigenvalue weighted by Crippen LogP contribution is -2.08. The van der Waals surface area contributed by atoms with E-state index in [0.717, 1.165) is 11.4 Å². The van der Waals surface area contributed by atoms with Crippen LogP contribution in [0.5, 0.6) is 0 Å². The van der Waals surface area contributed by atoms with E-state index in [-0.39, 0.29) is 6.61 Å². The molecule has 1 atom stereocenters. The van der Waals surface area contributed by atoms with Crippen LogP contribution in [0.25, 0.3) is 0 Å². The maximum absolute atomic E-state index is 8.98. The topological polar surface area (TPSA) is 20.2 Å². The van der Waals surface area contributed by atoms with Crippen LogP contribution in [0, 0.1) is 5.92 Å². The summed E-state index contributed by atoms with van der Waals surface area (Å²) in [4.78, 5) is 0. The highest BCUT2D eigenvalue weighted by atomic mass is 35.5. The third-order valence-corrected chi connectivity index (χ3v) is 2.79. The Morgan fingerprint density at radius 2 is 1.79 bits per heavy atom. The van der Waals surface area contributed by atoms with Crippen molar-refractivity contribution in [2.24, 2.45) is 5.92 Å². The van der Waals surface area contributed by atoms with Crippen molar-refractivity contribution in [2.45, 2.75) is 26.2 Å². The molecular formula is C12H17ClO. The maximum atomic E-state index is 8.98. The molecule has 1 aromatic carbocycles. The van der Waals surface area contributed by atoms with Crippen molar-refractivity contribution in [2.75, 3.05) is 6.61 Å². The average molecular weight is 213 g/mol. The fraction of sp³-hybridized carbons (Fsp3) is 0.500. The summed E-state index contributed by atoms with van der Waals surface area (Å²) in [5.74, 6) is 0.973. The van der Waals surface area contributed by atoms with Gasteiger partial charge < -0.3 is 5.11 Å². The first-order valence-electron chi connectivity index (χ1n) is 5.01. The zero-order valence-corrected chi connectivity index (χ0v) is 9.46. The molecule has 0 spiro atoms. The molecule has 0 aliphatic rings. The molecule has 78 valence electrons. The molecule has 1 N–H and O–H groups in total. The number of hydrogen-bond acceptors (Lipinski definition) is 1. The summed E-state index contributed by atoms with van der Waals surface area (Å²) in [6.07, 6.45) is 0.819. The predicted octanol–water partition coefficient (Wildman–Crippen LogP) is 3.46. The lowest BCUT2D eigenvalue weighted by molar-refractivity contribution is 0.261. The summed E-state index contributed by atoms with van der Waals surface area (Å²) in [5.41, 5.74) is 1.26. The first-order valence-corrected chi connectivity index (χ1v) is 5.39. The second-order valence-electron chi connectivity index (χ2n) is 3.91. The first-order chi connectivity index (χ1) is 6.65. The van der Waals surface area contributed by atoms with Gasteiger partial charge in [-0.15, -0.1) is 0 Å². The fourth-order valence-corrected chi connectivity index (χ4v) is 1.86. The molecule has 14 heavy (non-hydrogen) atoms. The van der Waals surface area contributed by atoms with Crippen molar-refractivity contribution in [3.05, 3.63) is 34.9 Å². The fourth-order valence-electron chi connectivity index (χ4n) is 1.73. The van der Waals surface area contributed by atoms with Crippen molar-refractivity contribution < 1.29 is 5.11 Å². The van der Waals surface area contributed by atoms with Crippen LogP contribution in [0.15, 0.2) is 24.3 Å². The van der Waals surface area contributed by atoms with Crippen LogP contribution in [0.4, 0.5) is 0 Å². The Hall–Kier alpha value is -0.530. The molecule has 0 saturated carbocycles. The van der Waals surface area contributed by atoms with E-state index in [4.69, 9.17) is 16.7 Å². The van der Waals surface area contributed by atoms with Crippen LogP contribution in [0.2, 0.25) is 5.02 Å². The summed E-state index contributed by atoms with van der Waals surface area (Å²) in [6.45, 7) is 4.59. The second kappa shape index (κ2) is 5.38. The summed E-state index contributed by atoms with van der Waals surface area (Å²) >= 11 is 5.82. The van der Waals surface area contributed by atoms with E-state index in [9.17, 15) is 0 Å². The Bertz CT molecular complexity index is 266. The van der Waals surface area contributed by atoms with Crippen LogP contribution < -0.4 is 0 Å². The zero-order chi connectivity index (χ0) is 10.6. The van der Waals surface area contributed by atoms with Gasteiger partial charge in [-0.05, 0) is 36.0 Å². The van der Waals surface area contributed by atoms with Gasteiger partial charge in [0, 0.05) is 11.6 Å². The van der Waals surface area contributed by atoms with Gasteiger partial charge in [0.05, 0.1) is 0 Å². The van der Waals surface area contributed by atoms with E-state index in [1.54, 1.807) is 0 Å². The van der Waals surface area contributed by atoms with E-state index in [1.165, 1.54) is 5.56 Å². The van der Waals surface area contributed by atoms with E-state index < -0.39 is 0 Å². The Morgan fingerprint density at radius 3 is 2.21 bits per heavy atom. The highest BCUT2D eigenvalue weighted by molar-refractivity contribution is 6.30. The number of benzene rings is 1. The largest absolute Gasteiger partial charge is 0.396 e. The van der Waals surface area contributed by atoms with Gasteiger partial charge in [0.1, 0.15) is 0 Å². The Morgan fingerprint density at radius 1 is 1.21 bits per heavy atom. The van der Waals surface area contributed by atoms with Crippen LogP contribution in [0.1, 0.15) is 31.7 Å². The van der Waals surface area contributed by atoms with Crippen molar-refractivity contribution in [1.29, 1.82) is 0 Å². The second-order valence-corrected chi connectivity index (χ2v) is 4.35. The molecule has 0 bridgehead atoms. The number of rotatable bonds is 4. The average Bonchev–Trinajstić information content (AvgIpc) is 2.15. The van der Waals surface area contributed by atoms with Crippen LogP contribution >= 0.6 is 11.6 Å². The zero-order valence-electron chi connectivity index (χ0n) is 8.70. The van der Waals surface area contributed by atoms with Crippen molar-refractivity contribution in [3.8, 4) is 0 Å². The lowest BCUT2D eigenvalue weighted by atomic mass is 9.86. The lowest BCUT2D eigenvalue weighted by Gasteiger charge is -2.20. The molecule has 0 saturated heterocycles. The van der Waals surface area contributed by atoms with Crippen LogP contribution in [0.3, 0.4) is 0 Å². The smallest absolute Gasteiger partial charge is 0.0436 e. The minimum atomic E-state index is 0.242. The minimum Gasteiger partial charge on any atom is -0.396 e. The third kappa shape index (κ3) is 3.00. The van der Waals surface area contributed by atoms with E-state index in [0.29, 0.717) is 11.8 Å². The molecule has 2 heteroatoms. The standard InChI is InChI=1S/C12H17ClO/c1-9(2)12(7-8-14)10-3-5-11(13)6-4-10/h3-6,9,12,14H,7-8H2,1-2H3/t12-/m0/s1. The van der Waals surface area contributed by atoms with E-state index in [2.05, 4.69) is 13.8 Å². The summed E-state index contributed by atoms with van der Waals surface area (Å²) in [5, 5.41) is 9.74. The van der Waals surface area contributed by atoms with Gasteiger partial charge in [0.25, 0.3) is 0 Å². The molecule has 0 fully saturated rings. The quantitative estimate of drug-likeness (QED) is 0.811. The Kier molecular flexibility index (Phi) is 4.43. The van der Waals surface area contributed by atoms with Crippen molar-refractivity contribution in [1.82, 2.24) is 0 Å². The van der Waals surface area contributed by atoms with Crippen LogP contribution in [-0.2, 0) is 0 Å². The van der Waals surface area contributed by atoms with Gasteiger partial charge >= 0.3 is 0 Å². The first kappa shape index (κ1) is 11.5. The summed E-state index contributed by atoms with van der Waals surface area (Å²) in [6, 6.07) is 7.90. The van der Waals surface area contributed by atoms with Gasteiger partial charge in [-0.25, -0.2) is 0 Å². The molecule has 1 rings (SSSR count). The normalized spacial score (nSPS) is 13.2. The van der Waals surface area contributed by atoms with E-state index in [1.807, 2.05) is 24.3 Å². The third-order valence-electron chi connectivity index (χ3n) is 2.54. The van der Waals surface area contributed by atoms with Crippen LogP contribution in [-0.4, -0.2) is 11.7 Å². The van der Waals surface area contributed by atoms with Crippen molar-refractivity contribution in [3.63, 3.8) is 0 Å². The number of hydrogen-bond donors (Lipinski definition) is 1. The monoisotopic (exact) mass is 212 g/mol. The van der Waals surface area contributed by atoms with Gasteiger partial charge in [0.2, 0.25) is 0 Å². The summed E-state index contributed by atoms with van der Waals surface area (Å²) < 4.78 is 0. The molecule has 0 unspecified atom stereocenters. The highest BCUT2D eigenvalue weighted by Crippen LogP contribution is 2.28. The molecule has 0 aromatic heterocycles. The molecule has 0 amide bonds. The van der Waals surface area contributed by atoms with E-state index >= 15 is 0 Å². The van der Waals surface area contributed by atoms with Crippen molar-refractivity contribution >= 4 is 11.6 Å². The maximum Gasteiger partial charge on any atom is 0.0436 e. The Labute approximate surface area is 90.7 Å². The molecular weight excluding hydrogens is 196 g/mol. The Balaban J connectivity index is 2.82. The van der Waals surface area contributed by atoms with Gasteiger partial charge in [0.15, 0.2) is 0 Å². The minimum absolute atomic E-state index is 0.242. The molecule has 0 aliphatic carbocycles. The number of aliphatic hydroxyl groups excluding tert-OH is 1. The predicted molar refractivity (Wildman–Crippen MR) is 60.7 cm³/mol. The molecule has 1 aromatic rings. The highest BCUT2D eigenvalue weighted by Gasteiger charge is 2.14. The van der Waals surface area contributed by atoms with Gasteiger partial charge in [-0.2, -0.15) is 0 Å². The van der Waals surface area contributed by atoms with Gasteiger partial charge in [-0.1, -0.05) is 37.6 Å². The summed E-state index contributed by atoms with van der Waals surface area (Å²) in [7, 11) is 0. The molecule has 1 nitrogen and oxygen atoms in total. The molecule has 0 radical (unpaired) electrons. The SMILES string of the molecule is CC(C)[C@H](CCO)c1ccc(Cl)cc1. The molecule has 0 aliphatic heterocycles. The van der Waals surface area contributed by atoms with Gasteiger partial charge in [-0.3, -0.25) is 0 Å².